The van der Waals surface area contributed by atoms with Gasteiger partial charge in [-0.25, -0.2) is 0 Å². The van der Waals surface area contributed by atoms with Crippen LogP contribution < -0.4 is 4.90 Å². The first-order valence-electron chi connectivity index (χ1n) is 22.5. The van der Waals surface area contributed by atoms with Crippen molar-refractivity contribution in [2.24, 2.45) is 17.8 Å². The van der Waals surface area contributed by atoms with Crippen molar-refractivity contribution in [2.45, 2.75) is 89.4 Å². The first kappa shape index (κ1) is 35.7. The fourth-order valence-electron chi connectivity index (χ4n) is 13.1. The molecule has 0 amide bonds. The fourth-order valence-corrected chi connectivity index (χ4v) is 13.1. The summed E-state index contributed by atoms with van der Waals surface area (Å²) in [6.45, 7) is 7.35. The third kappa shape index (κ3) is 5.08. The lowest BCUT2D eigenvalue weighted by atomic mass is 9.52. The molecule has 58 heavy (non-hydrogen) atoms. The summed E-state index contributed by atoms with van der Waals surface area (Å²) >= 11 is 0. The molecule has 2 atom stereocenters. The Hall–Kier alpha value is -5.40. The van der Waals surface area contributed by atoms with Gasteiger partial charge < -0.3 is 4.90 Å². The Morgan fingerprint density at radius 2 is 1.12 bits per heavy atom. The Morgan fingerprint density at radius 1 is 0.483 bits per heavy atom. The molecule has 0 heterocycles. The standard InChI is InChI=1S/C57H55N/c1-4-38-33-43(5-2)57(44(6-3)34-38)51-24-12-10-22-49(51)55-52(57)25-16-26-54(55)58(45-20-15-19-41(36-45)42-28-27-39-17-7-8-18-40(39)35-42)46-29-30-48-47-21-9-11-23-50(47)56(53(48)37-46)31-13-14-32-56/h7-12,15-30,35-38,43-44H,4-6,13-14,31-34H2,1-3H3. The van der Waals surface area contributed by atoms with Crippen LogP contribution in [0.25, 0.3) is 44.2 Å². The minimum atomic E-state index is 0.0171. The molecule has 2 saturated carbocycles. The highest BCUT2D eigenvalue weighted by atomic mass is 15.1. The summed E-state index contributed by atoms with van der Waals surface area (Å²) in [5, 5.41) is 2.55. The first-order chi connectivity index (χ1) is 28.6. The monoisotopic (exact) mass is 753 g/mol. The Balaban J connectivity index is 1.16. The summed E-state index contributed by atoms with van der Waals surface area (Å²) in [5.41, 5.74) is 18.3. The van der Waals surface area contributed by atoms with Crippen LogP contribution in [0.3, 0.4) is 0 Å². The normalized spacial score (nSPS) is 22.2. The van der Waals surface area contributed by atoms with Gasteiger partial charge in [0.25, 0.3) is 0 Å². The summed E-state index contributed by atoms with van der Waals surface area (Å²) < 4.78 is 0. The summed E-state index contributed by atoms with van der Waals surface area (Å²) in [5.74, 6) is 2.02. The van der Waals surface area contributed by atoms with Crippen molar-refractivity contribution in [2.75, 3.05) is 4.90 Å². The second kappa shape index (κ2) is 13.9. The van der Waals surface area contributed by atoms with Crippen molar-refractivity contribution in [3.8, 4) is 33.4 Å². The van der Waals surface area contributed by atoms with Crippen LogP contribution in [0.2, 0.25) is 0 Å². The van der Waals surface area contributed by atoms with Gasteiger partial charge in [0, 0.05) is 27.8 Å². The molecule has 2 fully saturated rings. The predicted octanol–water partition coefficient (Wildman–Crippen LogP) is 16.0. The Kier molecular flexibility index (Phi) is 8.55. The van der Waals surface area contributed by atoms with Crippen LogP contribution in [-0.2, 0) is 10.8 Å². The van der Waals surface area contributed by atoms with Gasteiger partial charge in [0.05, 0.1) is 5.69 Å². The second-order valence-electron chi connectivity index (χ2n) is 18.1. The van der Waals surface area contributed by atoms with Crippen molar-refractivity contribution < 1.29 is 0 Å². The number of rotatable bonds is 7. The molecule has 4 aliphatic carbocycles. The third-order valence-corrected chi connectivity index (χ3v) is 15.6. The van der Waals surface area contributed by atoms with Gasteiger partial charge in [-0.05, 0) is 141 Å². The maximum Gasteiger partial charge on any atom is 0.0543 e. The lowest BCUT2D eigenvalue weighted by Crippen LogP contribution is -2.47. The lowest BCUT2D eigenvalue weighted by molar-refractivity contribution is 0.0905. The van der Waals surface area contributed by atoms with Crippen molar-refractivity contribution in [1.82, 2.24) is 0 Å². The maximum atomic E-state index is 2.64. The smallest absolute Gasteiger partial charge is 0.0543 e. The van der Waals surface area contributed by atoms with Gasteiger partial charge in [0.2, 0.25) is 0 Å². The lowest BCUT2D eigenvalue weighted by Gasteiger charge is -2.51. The van der Waals surface area contributed by atoms with Crippen LogP contribution in [0.15, 0.2) is 152 Å². The number of anilines is 3. The molecule has 288 valence electrons. The van der Waals surface area contributed by atoms with Gasteiger partial charge in [-0.2, -0.15) is 0 Å². The van der Waals surface area contributed by atoms with Crippen molar-refractivity contribution >= 4 is 27.8 Å². The molecule has 0 saturated heterocycles. The van der Waals surface area contributed by atoms with E-state index in [0.29, 0.717) is 11.8 Å². The first-order valence-corrected chi connectivity index (χ1v) is 22.5. The van der Waals surface area contributed by atoms with Gasteiger partial charge in [0.15, 0.2) is 0 Å². The van der Waals surface area contributed by atoms with E-state index in [-0.39, 0.29) is 10.8 Å². The van der Waals surface area contributed by atoms with Crippen LogP contribution in [-0.4, -0.2) is 0 Å². The molecule has 2 unspecified atom stereocenters. The molecular formula is C57H55N. The van der Waals surface area contributed by atoms with E-state index in [9.17, 15) is 0 Å². The van der Waals surface area contributed by atoms with E-state index in [1.54, 1.807) is 16.7 Å². The molecule has 2 spiro atoms. The third-order valence-electron chi connectivity index (χ3n) is 15.6. The number of hydrogen-bond donors (Lipinski definition) is 0. The summed E-state index contributed by atoms with van der Waals surface area (Å²) in [6.07, 6.45) is 11.3. The molecule has 0 radical (unpaired) electrons. The zero-order chi connectivity index (χ0) is 39.0. The number of fused-ring (bicyclic) bond motifs is 11. The van der Waals surface area contributed by atoms with Crippen LogP contribution in [0.5, 0.6) is 0 Å². The molecule has 7 aromatic carbocycles. The Bertz CT molecular complexity index is 2680. The average molecular weight is 754 g/mol. The largest absolute Gasteiger partial charge is 0.310 e. The zero-order valence-electron chi connectivity index (χ0n) is 34.5. The summed E-state index contributed by atoms with van der Waals surface area (Å²) in [6, 6.07) is 58.8. The molecule has 11 rings (SSSR count). The molecule has 0 bridgehead atoms. The number of benzene rings is 7. The zero-order valence-corrected chi connectivity index (χ0v) is 34.5. The van der Waals surface area contributed by atoms with E-state index in [2.05, 4.69) is 177 Å². The molecule has 1 heteroatoms. The minimum absolute atomic E-state index is 0.0171. The minimum Gasteiger partial charge on any atom is -0.310 e. The van der Waals surface area contributed by atoms with Crippen LogP contribution in [0.1, 0.15) is 101 Å². The molecular weight excluding hydrogens is 699 g/mol. The van der Waals surface area contributed by atoms with E-state index >= 15 is 0 Å². The molecule has 7 aromatic rings. The van der Waals surface area contributed by atoms with Crippen LogP contribution >= 0.6 is 0 Å². The van der Waals surface area contributed by atoms with Gasteiger partial charge >= 0.3 is 0 Å². The highest BCUT2D eigenvalue weighted by Gasteiger charge is 2.56. The quantitative estimate of drug-likeness (QED) is 0.157. The van der Waals surface area contributed by atoms with Gasteiger partial charge in [0.1, 0.15) is 0 Å². The van der Waals surface area contributed by atoms with Crippen molar-refractivity contribution in [3.63, 3.8) is 0 Å². The number of hydrogen-bond acceptors (Lipinski definition) is 1. The van der Waals surface area contributed by atoms with Crippen LogP contribution in [0, 0.1) is 17.8 Å². The topological polar surface area (TPSA) is 3.24 Å². The molecule has 0 aromatic heterocycles. The second-order valence-corrected chi connectivity index (χ2v) is 18.1. The van der Waals surface area contributed by atoms with E-state index < -0.39 is 0 Å². The predicted molar refractivity (Wildman–Crippen MR) is 246 cm³/mol. The highest BCUT2D eigenvalue weighted by molar-refractivity contribution is 5.97. The molecule has 0 aliphatic heterocycles. The van der Waals surface area contributed by atoms with Gasteiger partial charge in [-0.15, -0.1) is 0 Å². The van der Waals surface area contributed by atoms with E-state index in [0.717, 1.165) is 5.92 Å². The van der Waals surface area contributed by atoms with Gasteiger partial charge in [-0.3, -0.25) is 0 Å². The van der Waals surface area contributed by atoms with Crippen molar-refractivity contribution in [3.05, 3.63) is 174 Å². The summed E-state index contributed by atoms with van der Waals surface area (Å²) in [4.78, 5) is 2.64. The average Bonchev–Trinajstić information content (AvgIpc) is 3.97. The maximum absolute atomic E-state index is 2.64. The fraction of sp³-hybridized carbons (Fsp3) is 0.298. The van der Waals surface area contributed by atoms with E-state index in [1.165, 1.54) is 125 Å². The highest BCUT2D eigenvalue weighted by Crippen LogP contribution is 2.65. The summed E-state index contributed by atoms with van der Waals surface area (Å²) in [7, 11) is 0. The van der Waals surface area contributed by atoms with E-state index in [1.807, 2.05) is 0 Å². The van der Waals surface area contributed by atoms with E-state index in [4.69, 9.17) is 0 Å². The van der Waals surface area contributed by atoms with Crippen LogP contribution in [0.4, 0.5) is 17.1 Å². The Morgan fingerprint density at radius 3 is 1.90 bits per heavy atom. The molecule has 0 N–H and O–H groups in total. The number of nitrogens with zero attached hydrogens (tertiary/aromatic N) is 1. The van der Waals surface area contributed by atoms with Crippen molar-refractivity contribution in [1.29, 1.82) is 0 Å². The molecule has 4 aliphatic rings. The molecule has 1 nitrogen and oxygen atoms in total. The Labute approximate surface area is 345 Å². The van der Waals surface area contributed by atoms with Gasteiger partial charge in [-0.1, -0.05) is 168 Å². The SMILES string of the molecule is CCC1CC(CC)C2(c3ccccc3-c3c(N(c4cccc(-c5ccc6ccccc6c5)c4)c4ccc5c(c4)C4(CCCC4)c4ccccc4-5)cccc32)C(CC)C1.